The van der Waals surface area contributed by atoms with E-state index < -0.39 is 0 Å². The quantitative estimate of drug-likeness (QED) is 0.837. The number of ether oxygens (including phenoxy) is 1. The Labute approximate surface area is 115 Å². The molecule has 104 valence electrons. The van der Waals surface area contributed by atoms with Gasteiger partial charge in [-0.25, -0.2) is 0 Å². The SMILES string of the molecule is CC(C)(C)C(=O)N1CC[C@@H](OCc2ccccc2)C1. The van der Waals surface area contributed by atoms with E-state index in [0.717, 1.165) is 19.5 Å². The molecular weight excluding hydrogens is 238 g/mol. The Morgan fingerprint density at radius 3 is 2.63 bits per heavy atom. The average molecular weight is 261 g/mol. The normalized spacial score (nSPS) is 19.7. The van der Waals surface area contributed by atoms with Crippen LogP contribution in [0.15, 0.2) is 30.3 Å². The van der Waals surface area contributed by atoms with E-state index in [1.54, 1.807) is 0 Å². The van der Waals surface area contributed by atoms with Crippen LogP contribution in [0.3, 0.4) is 0 Å². The molecule has 1 fully saturated rings. The largest absolute Gasteiger partial charge is 0.372 e. The maximum atomic E-state index is 12.2. The van der Waals surface area contributed by atoms with Crippen LogP contribution in [0.4, 0.5) is 0 Å². The lowest BCUT2D eigenvalue weighted by Crippen LogP contribution is -2.38. The van der Waals surface area contributed by atoms with Crippen molar-refractivity contribution < 1.29 is 9.53 Å². The summed E-state index contributed by atoms with van der Waals surface area (Å²) in [4.78, 5) is 14.1. The molecule has 1 aliphatic rings. The van der Waals surface area contributed by atoms with Crippen molar-refractivity contribution in [1.29, 1.82) is 0 Å². The Balaban J connectivity index is 1.81. The number of carbonyl (C=O) groups is 1. The number of nitrogens with zero attached hydrogens (tertiary/aromatic N) is 1. The van der Waals surface area contributed by atoms with E-state index >= 15 is 0 Å². The van der Waals surface area contributed by atoms with Gasteiger partial charge in [0, 0.05) is 18.5 Å². The Morgan fingerprint density at radius 1 is 1.32 bits per heavy atom. The fraction of sp³-hybridized carbons (Fsp3) is 0.562. The number of likely N-dealkylation sites (tertiary alicyclic amines) is 1. The molecule has 0 saturated carbocycles. The van der Waals surface area contributed by atoms with Crippen LogP contribution in [0.2, 0.25) is 0 Å². The molecule has 1 aromatic carbocycles. The molecule has 0 unspecified atom stereocenters. The maximum Gasteiger partial charge on any atom is 0.228 e. The molecular formula is C16H23NO2. The molecule has 1 saturated heterocycles. The van der Waals surface area contributed by atoms with Crippen molar-refractivity contribution in [2.45, 2.75) is 39.9 Å². The molecule has 19 heavy (non-hydrogen) atoms. The lowest BCUT2D eigenvalue weighted by Gasteiger charge is -2.25. The molecule has 0 N–H and O–H groups in total. The second kappa shape index (κ2) is 5.74. The summed E-state index contributed by atoms with van der Waals surface area (Å²) in [7, 11) is 0. The first-order valence-corrected chi connectivity index (χ1v) is 6.92. The first-order valence-electron chi connectivity index (χ1n) is 6.92. The topological polar surface area (TPSA) is 29.5 Å². The lowest BCUT2D eigenvalue weighted by molar-refractivity contribution is -0.138. The van der Waals surface area contributed by atoms with Gasteiger partial charge in [-0.2, -0.15) is 0 Å². The van der Waals surface area contributed by atoms with Gasteiger partial charge >= 0.3 is 0 Å². The van der Waals surface area contributed by atoms with E-state index in [1.807, 2.05) is 43.9 Å². The van der Waals surface area contributed by atoms with Gasteiger partial charge in [-0.1, -0.05) is 51.1 Å². The highest BCUT2D eigenvalue weighted by atomic mass is 16.5. The second-order valence-electron chi connectivity index (χ2n) is 6.21. The summed E-state index contributed by atoms with van der Waals surface area (Å²) in [6.45, 7) is 8.07. The molecule has 1 amide bonds. The van der Waals surface area contributed by atoms with Crippen LogP contribution in [-0.4, -0.2) is 30.0 Å². The van der Waals surface area contributed by atoms with Gasteiger partial charge in [0.05, 0.1) is 12.7 Å². The smallest absolute Gasteiger partial charge is 0.228 e. The van der Waals surface area contributed by atoms with Crippen LogP contribution in [0.1, 0.15) is 32.8 Å². The number of amides is 1. The number of benzene rings is 1. The maximum absolute atomic E-state index is 12.2. The van der Waals surface area contributed by atoms with Crippen LogP contribution >= 0.6 is 0 Å². The van der Waals surface area contributed by atoms with E-state index in [4.69, 9.17) is 4.74 Å². The molecule has 0 spiro atoms. The van der Waals surface area contributed by atoms with E-state index in [-0.39, 0.29) is 17.4 Å². The molecule has 3 nitrogen and oxygen atoms in total. The molecule has 2 rings (SSSR count). The van der Waals surface area contributed by atoms with Gasteiger partial charge in [0.2, 0.25) is 5.91 Å². The summed E-state index contributed by atoms with van der Waals surface area (Å²) < 4.78 is 5.89. The fourth-order valence-electron chi connectivity index (χ4n) is 2.31. The third-order valence-electron chi connectivity index (χ3n) is 3.40. The molecule has 0 aromatic heterocycles. The minimum atomic E-state index is -0.297. The fourth-order valence-corrected chi connectivity index (χ4v) is 2.31. The van der Waals surface area contributed by atoms with E-state index in [1.165, 1.54) is 5.56 Å². The standard InChI is InChI=1S/C16H23NO2/c1-16(2,3)15(18)17-10-9-14(11-17)19-12-13-7-5-4-6-8-13/h4-8,14H,9-12H2,1-3H3/t14-/m1/s1. The van der Waals surface area contributed by atoms with Crippen molar-refractivity contribution in [1.82, 2.24) is 4.90 Å². The molecule has 0 radical (unpaired) electrons. The van der Waals surface area contributed by atoms with Crippen LogP contribution in [0, 0.1) is 5.41 Å². The van der Waals surface area contributed by atoms with Crippen LogP contribution < -0.4 is 0 Å². The summed E-state index contributed by atoms with van der Waals surface area (Å²) in [6, 6.07) is 10.2. The van der Waals surface area contributed by atoms with Crippen LogP contribution in [0.5, 0.6) is 0 Å². The minimum Gasteiger partial charge on any atom is -0.372 e. The molecule has 0 bridgehead atoms. The van der Waals surface area contributed by atoms with Gasteiger partial charge in [-0.3, -0.25) is 4.79 Å². The highest BCUT2D eigenvalue weighted by Gasteiger charge is 2.32. The van der Waals surface area contributed by atoms with Crippen LogP contribution in [0.25, 0.3) is 0 Å². The summed E-state index contributed by atoms with van der Waals surface area (Å²) in [5, 5.41) is 0. The summed E-state index contributed by atoms with van der Waals surface area (Å²) in [5.74, 6) is 0.221. The summed E-state index contributed by atoms with van der Waals surface area (Å²) in [6.07, 6.45) is 1.11. The van der Waals surface area contributed by atoms with Crippen molar-refractivity contribution in [3.8, 4) is 0 Å². The Bertz CT molecular complexity index is 422. The van der Waals surface area contributed by atoms with Crippen molar-refractivity contribution in [3.05, 3.63) is 35.9 Å². The zero-order chi connectivity index (χ0) is 13.9. The predicted molar refractivity (Wildman–Crippen MR) is 75.7 cm³/mol. The van der Waals surface area contributed by atoms with Gasteiger partial charge in [0.1, 0.15) is 0 Å². The van der Waals surface area contributed by atoms with Crippen molar-refractivity contribution in [2.75, 3.05) is 13.1 Å². The molecule has 1 aromatic rings. The molecule has 0 aliphatic carbocycles. The molecule has 1 aliphatic heterocycles. The van der Waals surface area contributed by atoms with E-state index in [0.29, 0.717) is 6.61 Å². The number of hydrogen-bond acceptors (Lipinski definition) is 2. The average Bonchev–Trinajstić information content (AvgIpc) is 2.84. The Kier molecular flexibility index (Phi) is 4.25. The highest BCUT2D eigenvalue weighted by molar-refractivity contribution is 5.81. The molecule has 1 heterocycles. The third kappa shape index (κ3) is 3.80. The van der Waals surface area contributed by atoms with Crippen molar-refractivity contribution in [3.63, 3.8) is 0 Å². The van der Waals surface area contributed by atoms with Gasteiger partial charge in [0.25, 0.3) is 0 Å². The van der Waals surface area contributed by atoms with Gasteiger partial charge < -0.3 is 9.64 Å². The van der Waals surface area contributed by atoms with Crippen LogP contribution in [-0.2, 0) is 16.1 Å². The number of carbonyl (C=O) groups excluding carboxylic acids is 1. The first-order chi connectivity index (χ1) is 8.97. The number of rotatable bonds is 3. The van der Waals surface area contributed by atoms with Gasteiger partial charge in [0.15, 0.2) is 0 Å². The number of hydrogen-bond donors (Lipinski definition) is 0. The van der Waals surface area contributed by atoms with Crippen molar-refractivity contribution in [2.24, 2.45) is 5.41 Å². The van der Waals surface area contributed by atoms with Gasteiger partial charge in [-0.15, -0.1) is 0 Å². The molecule has 3 heteroatoms. The van der Waals surface area contributed by atoms with E-state index in [9.17, 15) is 4.79 Å². The predicted octanol–water partition coefficient (Wildman–Crippen LogP) is 2.85. The Morgan fingerprint density at radius 2 is 2.00 bits per heavy atom. The Hall–Kier alpha value is -1.35. The minimum absolute atomic E-state index is 0.173. The first kappa shape index (κ1) is 14.1. The summed E-state index contributed by atoms with van der Waals surface area (Å²) in [5.41, 5.74) is 0.886. The summed E-state index contributed by atoms with van der Waals surface area (Å²) >= 11 is 0. The highest BCUT2D eigenvalue weighted by Crippen LogP contribution is 2.22. The third-order valence-corrected chi connectivity index (χ3v) is 3.40. The van der Waals surface area contributed by atoms with E-state index in [2.05, 4.69) is 12.1 Å². The van der Waals surface area contributed by atoms with Crippen molar-refractivity contribution >= 4 is 5.91 Å². The zero-order valence-electron chi connectivity index (χ0n) is 12.1. The zero-order valence-corrected chi connectivity index (χ0v) is 12.1. The monoisotopic (exact) mass is 261 g/mol. The van der Waals surface area contributed by atoms with Gasteiger partial charge in [-0.05, 0) is 12.0 Å². The molecule has 1 atom stereocenters. The second-order valence-corrected chi connectivity index (χ2v) is 6.21. The lowest BCUT2D eigenvalue weighted by atomic mass is 9.95.